The molecule has 0 aromatic heterocycles. The molecule has 98 valence electrons. The number of allylic oxidation sites excluding steroid dienone is 2. The molecule has 3 unspecified atom stereocenters. The van der Waals surface area contributed by atoms with E-state index in [1.807, 2.05) is 13.8 Å². The van der Waals surface area contributed by atoms with Crippen LogP contribution in [0, 0.1) is 23.2 Å². The van der Waals surface area contributed by atoms with Crippen LogP contribution < -0.4 is 0 Å². The summed E-state index contributed by atoms with van der Waals surface area (Å²) in [6.45, 7) is 11.1. The van der Waals surface area contributed by atoms with E-state index in [9.17, 15) is 0 Å². The molecule has 0 aliphatic heterocycles. The normalized spacial score (nSPS) is 28.9. The Kier molecular flexibility index (Phi) is 3.66. The molecule has 1 aromatic carbocycles. The minimum Gasteiger partial charge on any atom is -0.0770 e. The number of benzene rings is 1. The summed E-state index contributed by atoms with van der Waals surface area (Å²) in [5, 5.41) is 0. The summed E-state index contributed by atoms with van der Waals surface area (Å²) in [4.78, 5) is 0. The first-order valence-electron chi connectivity index (χ1n) is 7.33. The van der Waals surface area contributed by atoms with Gasteiger partial charge in [-0.2, -0.15) is 0 Å². The molecule has 2 aliphatic rings. The molecule has 3 rings (SSSR count). The summed E-state index contributed by atoms with van der Waals surface area (Å²) >= 11 is 0. The largest absolute Gasteiger partial charge is 0.0770 e. The molecule has 0 spiro atoms. The van der Waals surface area contributed by atoms with Gasteiger partial charge in [-0.05, 0) is 40.7 Å². The maximum Gasteiger partial charge on any atom is -0.0157 e. The maximum atomic E-state index is 2.54. The summed E-state index contributed by atoms with van der Waals surface area (Å²) in [7, 11) is 0. The number of fused-ring (bicyclic) bond motifs is 1. The summed E-state index contributed by atoms with van der Waals surface area (Å²) in [6.07, 6.45) is 3.84. The molecule has 2 aliphatic carbocycles. The Balaban J connectivity index is 0.000000574. The molecule has 0 radical (unpaired) electrons. The van der Waals surface area contributed by atoms with Crippen LogP contribution in [0.2, 0.25) is 0 Å². The van der Waals surface area contributed by atoms with E-state index in [0.29, 0.717) is 5.41 Å². The lowest BCUT2D eigenvalue weighted by atomic mass is 9.85. The van der Waals surface area contributed by atoms with Gasteiger partial charge in [0.1, 0.15) is 0 Å². The third kappa shape index (κ3) is 2.39. The predicted molar refractivity (Wildman–Crippen MR) is 80.3 cm³/mol. The van der Waals surface area contributed by atoms with Crippen molar-refractivity contribution in [2.24, 2.45) is 23.2 Å². The fourth-order valence-electron chi connectivity index (χ4n) is 3.53. The van der Waals surface area contributed by atoms with Crippen molar-refractivity contribution in [2.75, 3.05) is 0 Å². The van der Waals surface area contributed by atoms with E-state index in [1.165, 1.54) is 12.0 Å². The third-order valence-electron chi connectivity index (χ3n) is 4.22. The zero-order valence-corrected chi connectivity index (χ0v) is 12.4. The van der Waals surface area contributed by atoms with Crippen LogP contribution in [-0.2, 0) is 0 Å². The van der Waals surface area contributed by atoms with Crippen molar-refractivity contribution in [2.45, 2.75) is 41.0 Å². The van der Waals surface area contributed by atoms with Crippen molar-refractivity contribution in [3.8, 4) is 0 Å². The van der Waals surface area contributed by atoms with Crippen LogP contribution in [0.15, 0.2) is 36.4 Å². The minimum absolute atomic E-state index is 0.494. The van der Waals surface area contributed by atoms with Crippen LogP contribution in [0.4, 0.5) is 0 Å². The zero-order chi connectivity index (χ0) is 13.3. The first-order chi connectivity index (χ1) is 8.57. The first-order valence-corrected chi connectivity index (χ1v) is 7.33. The number of hydrogen-bond acceptors (Lipinski definition) is 0. The molecular formula is C18H26. The zero-order valence-electron chi connectivity index (χ0n) is 12.4. The highest BCUT2D eigenvalue weighted by Crippen LogP contribution is 2.64. The van der Waals surface area contributed by atoms with Gasteiger partial charge in [0.05, 0.1) is 0 Å². The van der Waals surface area contributed by atoms with E-state index in [1.54, 1.807) is 5.57 Å². The lowest BCUT2D eigenvalue weighted by Crippen LogP contribution is -2.11. The maximum absolute atomic E-state index is 2.54. The van der Waals surface area contributed by atoms with E-state index < -0.39 is 0 Å². The monoisotopic (exact) mass is 242 g/mol. The third-order valence-corrected chi connectivity index (χ3v) is 4.22. The van der Waals surface area contributed by atoms with Gasteiger partial charge >= 0.3 is 0 Å². The highest BCUT2D eigenvalue weighted by Gasteiger charge is 2.56. The Labute approximate surface area is 112 Å². The second-order valence-electron chi connectivity index (χ2n) is 6.40. The van der Waals surface area contributed by atoms with E-state index in [2.05, 4.69) is 57.2 Å². The van der Waals surface area contributed by atoms with Crippen LogP contribution in [0.25, 0.3) is 5.57 Å². The molecule has 0 saturated heterocycles. The summed E-state index contributed by atoms with van der Waals surface area (Å²) < 4.78 is 0. The average molecular weight is 242 g/mol. The van der Waals surface area contributed by atoms with Crippen LogP contribution in [-0.4, -0.2) is 0 Å². The van der Waals surface area contributed by atoms with Crippen LogP contribution in [0.5, 0.6) is 0 Å². The summed E-state index contributed by atoms with van der Waals surface area (Å²) in [5.41, 5.74) is 3.51. The molecule has 0 N–H and O–H groups in total. The van der Waals surface area contributed by atoms with Gasteiger partial charge < -0.3 is 0 Å². The van der Waals surface area contributed by atoms with E-state index in [-0.39, 0.29) is 0 Å². The molecule has 0 heterocycles. The van der Waals surface area contributed by atoms with E-state index in [0.717, 1.165) is 17.8 Å². The van der Waals surface area contributed by atoms with Crippen molar-refractivity contribution in [1.82, 2.24) is 0 Å². The highest BCUT2D eigenvalue weighted by atomic mass is 14.6. The molecule has 0 amide bonds. The lowest BCUT2D eigenvalue weighted by Gasteiger charge is -2.20. The van der Waals surface area contributed by atoms with Gasteiger partial charge in [0.2, 0.25) is 0 Å². The van der Waals surface area contributed by atoms with E-state index >= 15 is 0 Å². The summed E-state index contributed by atoms with van der Waals surface area (Å²) in [5.74, 6) is 2.74. The van der Waals surface area contributed by atoms with Gasteiger partial charge in [-0.1, -0.05) is 71.0 Å². The van der Waals surface area contributed by atoms with Gasteiger partial charge in [-0.15, -0.1) is 0 Å². The van der Waals surface area contributed by atoms with Gasteiger partial charge in [-0.3, -0.25) is 0 Å². The molecule has 1 saturated carbocycles. The van der Waals surface area contributed by atoms with Gasteiger partial charge in [-0.25, -0.2) is 0 Å². The highest BCUT2D eigenvalue weighted by molar-refractivity contribution is 5.70. The fourth-order valence-corrected chi connectivity index (χ4v) is 3.53. The van der Waals surface area contributed by atoms with Crippen molar-refractivity contribution in [1.29, 1.82) is 0 Å². The Morgan fingerprint density at radius 3 is 2.06 bits per heavy atom. The van der Waals surface area contributed by atoms with Gasteiger partial charge in [0.25, 0.3) is 0 Å². The number of hydrogen-bond donors (Lipinski definition) is 0. The topological polar surface area (TPSA) is 0 Å². The van der Waals surface area contributed by atoms with Gasteiger partial charge in [0, 0.05) is 0 Å². The first kappa shape index (κ1) is 13.4. The SMILES string of the molecule is CC.CC(C)(C)C1C2C=C(c3ccccc3)CC21. The number of rotatable bonds is 1. The minimum atomic E-state index is 0.494. The van der Waals surface area contributed by atoms with Crippen LogP contribution in [0.1, 0.15) is 46.6 Å². The molecule has 0 nitrogen and oxygen atoms in total. The van der Waals surface area contributed by atoms with Crippen molar-refractivity contribution < 1.29 is 0 Å². The Morgan fingerprint density at radius 1 is 1.00 bits per heavy atom. The van der Waals surface area contributed by atoms with Crippen molar-refractivity contribution in [3.05, 3.63) is 42.0 Å². The fraction of sp³-hybridized carbons (Fsp3) is 0.556. The van der Waals surface area contributed by atoms with Crippen molar-refractivity contribution in [3.63, 3.8) is 0 Å². The molecule has 0 bridgehead atoms. The standard InChI is InChI=1S/C16H20.C2H6/c1-16(2,3)15-13-9-12(10-14(13)15)11-7-5-4-6-8-11;1-2/h4-9,13-15H,10H2,1-3H3;1-2H3. The predicted octanol–water partition coefficient (Wildman–Crippen LogP) is 5.41. The van der Waals surface area contributed by atoms with Gasteiger partial charge in [0.15, 0.2) is 0 Å². The second kappa shape index (κ2) is 4.91. The van der Waals surface area contributed by atoms with Crippen LogP contribution >= 0.6 is 0 Å². The molecular weight excluding hydrogens is 216 g/mol. The average Bonchev–Trinajstić information content (AvgIpc) is 2.91. The molecule has 0 heteroatoms. The Hall–Kier alpha value is -1.04. The van der Waals surface area contributed by atoms with Crippen LogP contribution in [0.3, 0.4) is 0 Å². The molecule has 1 fully saturated rings. The Bertz CT molecular complexity index is 419. The van der Waals surface area contributed by atoms with Crippen molar-refractivity contribution >= 4 is 5.57 Å². The lowest BCUT2D eigenvalue weighted by molar-refractivity contribution is 0.322. The Morgan fingerprint density at radius 2 is 1.61 bits per heavy atom. The summed E-state index contributed by atoms with van der Waals surface area (Å²) in [6, 6.07) is 10.9. The molecule has 3 atom stereocenters. The smallest absolute Gasteiger partial charge is 0.0157 e. The molecule has 18 heavy (non-hydrogen) atoms. The molecule has 1 aromatic rings. The second-order valence-corrected chi connectivity index (χ2v) is 6.40. The van der Waals surface area contributed by atoms with E-state index in [4.69, 9.17) is 0 Å². The quantitative estimate of drug-likeness (QED) is 0.618.